The van der Waals surface area contributed by atoms with Crippen molar-refractivity contribution in [1.29, 1.82) is 0 Å². The lowest BCUT2D eigenvalue weighted by molar-refractivity contribution is -0.124. The Morgan fingerprint density at radius 1 is 1.40 bits per heavy atom. The largest absolute Gasteiger partial charge is 0.496 e. The van der Waals surface area contributed by atoms with Crippen LogP contribution in [0.25, 0.3) is 0 Å². The fourth-order valence-electron chi connectivity index (χ4n) is 2.24. The van der Waals surface area contributed by atoms with Crippen LogP contribution in [0.15, 0.2) is 24.3 Å². The van der Waals surface area contributed by atoms with Gasteiger partial charge < -0.3 is 20.1 Å². The van der Waals surface area contributed by atoms with Gasteiger partial charge in [-0.25, -0.2) is 0 Å². The molecular formula is C14H18N2O4. The molecule has 0 spiro atoms. The van der Waals surface area contributed by atoms with Crippen LogP contribution in [0.2, 0.25) is 0 Å². The van der Waals surface area contributed by atoms with Crippen molar-refractivity contribution in [2.24, 2.45) is 5.73 Å². The summed E-state index contributed by atoms with van der Waals surface area (Å²) in [5, 5.41) is 0. The highest BCUT2D eigenvalue weighted by Crippen LogP contribution is 2.22. The van der Waals surface area contributed by atoms with E-state index in [2.05, 4.69) is 0 Å². The van der Waals surface area contributed by atoms with Gasteiger partial charge in [-0.1, -0.05) is 12.1 Å². The zero-order valence-electron chi connectivity index (χ0n) is 11.4. The van der Waals surface area contributed by atoms with Gasteiger partial charge in [-0.2, -0.15) is 0 Å². The Morgan fingerprint density at radius 3 is 2.85 bits per heavy atom. The summed E-state index contributed by atoms with van der Waals surface area (Å²) in [6.45, 7) is 0.950. The lowest BCUT2D eigenvalue weighted by Crippen LogP contribution is -2.31. The molecule has 0 unspecified atom stereocenters. The highest BCUT2D eigenvalue weighted by molar-refractivity contribution is 5.97. The minimum Gasteiger partial charge on any atom is -0.496 e. The van der Waals surface area contributed by atoms with E-state index in [1.54, 1.807) is 23.1 Å². The third-order valence-electron chi connectivity index (χ3n) is 3.23. The van der Waals surface area contributed by atoms with Crippen LogP contribution in [0.1, 0.15) is 16.8 Å². The van der Waals surface area contributed by atoms with E-state index in [1.807, 2.05) is 6.07 Å². The number of methoxy groups -OCH3 is 1. The van der Waals surface area contributed by atoms with Crippen LogP contribution in [0.3, 0.4) is 0 Å². The molecule has 1 fully saturated rings. The van der Waals surface area contributed by atoms with Crippen molar-refractivity contribution in [2.75, 3.05) is 26.8 Å². The number of likely N-dealkylation sites (tertiary alicyclic amines) is 1. The molecule has 0 radical (unpaired) electrons. The number of nitrogens with zero attached hydrogens (tertiary/aromatic N) is 1. The number of benzene rings is 1. The standard InChI is InChI=1S/C14H18N2O4/c1-19-12-5-3-2-4-11(12)14(18)16-7-6-10(8-16)20-9-13(15)17/h2-5,10H,6-9H2,1H3,(H2,15,17)/t10-/m1/s1. The summed E-state index contributed by atoms with van der Waals surface area (Å²) in [6.07, 6.45) is 0.565. The lowest BCUT2D eigenvalue weighted by atomic mass is 10.2. The predicted octanol–water partition coefficient (Wildman–Crippen LogP) is 0.412. The van der Waals surface area contributed by atoms with E-state index in [0.29, 0.717) is 30.8 Å². The average Bonchev–Trinajstić information content (AvgIpc) is 2.93. The third-order valence-corrected chi connectivity index (χ3v) is 3.23. The van der Waals surface area contributed by atoms with Crippen LogP contribution < -0.4 is 10.5 Å². The molecule has 1 aromatic carbocycles. The van der Waals surface area contributed by atoms with Crippen molar-refractivity contribution in [3.8, 4) is 5.75 Å². The minimum absolute atomic E-state index is 0.0902. The number of carbonyl (C=O) groups is 2. The number of para-hydroxylation sites is 1. The molecule has 1 saturated heterocycles. The van der Waals surface area contributed by atoms with Crippen molar-refractivity contribution in [2.45, 2.75) is 12.5 Å². The van der Waals surface area contributed by atoms with Gasteiger partial charge in [-0.3, -0.25) is 9.59 Å². The minimum atomic E-state index is -0.500. The molecule has 6 heteroatoms. The summed E-state index contributed by atoms with van der Waals surface area (Å²) in [5.41, 5.74) is 5.57. The smallest absolute Gasteiger partial charge is 0.257 e. The summed E-state index contributed by atoms with van der Waals surface area (Å²) in [7, 11) is 1.54. The summed E-state index contributed by atoms with van der Waals surface area (Å²) < 4.78 is 10.5. The van der Waals surface area contributed by atoms with Gasteiger partial charge in [0.05, 0.1) is 18.8 Å². The van der Waals surface area contributed by atoms with Crippen molar-refractivity contribution < 1.29 is 19.1 Å². The summed E-state index contributed by atoms with van der Waals surface area (Å²) >= 11 is 0. The SMILES string of the molecule is COc1ccccc1C(=O)N1CC[C@@H](OCC(N)=O)C1. The highest BCUT2D eigenvalue weighted by atomic mass is 16.5. The van der Waals surface area contributed by atoms with E-state index >= 15 is 0 Å². The first kappa shape index (κ1) is 14.3. The number of primary amides is 1. The van der Waals surface area contributed by atoms with Crippen LogP contribution in [0.4, 0.5) is 0 Å². The van der Waals surface area contributed by atoms with E-state index in [-0.39, 0.29) is 18.6 Å². The van der Waals surface area contributed by atoms with Crippen LogP contribution in [-0.4, -0.2) is 49.6 Å². The van der Waals surface area contributed by atoms with E-state index in [1.165, 1.54) is 7.11 Å². The third kappa shape index (κ3) is 3.27. The monoisotopic (exact) mass is 278 g/mol. The first-order valence-electron chi connectivity index (χ1n) is 6.44. The van der Waals surface area contributed by atoms with Crippen molar-refractivity contribution in [3.63, 3.8) is 0 Å². The summed E-state index contributed by atoms with van der Waals surface area (Å²) in [5.74, 6) is -0.0360. The maximum Gasteiger partial charge on any atom is 0.257 e. The number of amides is 2. The van der Waals surface area contributed by atoms with Crippen LogP contribution in [-0.2, 0) is 9.53 Å². The Hall–Kier alpha value is -2.08. The molecule has 2 rings (SSSR count). The molecule has 0 bridgehead atoms. The molecule has 6 nitrogen and oxygen atoms in total. The van der Waals surface area contributed by atoms with Gasteiger partial charge in [-0.15, -0.1) is 0 Å². The van der Waals surface area contributed by atoms with Crippen LogP contribution >= 0.6 is 0 Å². The zero-order chi connectivity index (χ0) is 14.5. The van der Waals surface area contributed by atoms with E-state index in [9.17, 15) is 9.59 Å². The summed E-state index contributed by atoms with van der Waals surface area (Å²) in [6, 6.07) is 7.11. The molecule has 1 heterocycles. The summed E-state index contributed by atoms with van der Waals surface area (Å²) in [4.78, 5) is 24.8. The molecule has 1 aromatic rings. The Kier molecular flexibility index (Phi) is 4.57. The fourth-order valence-corrected chi connectivity index (χ4v) is 2.24. The Morgan fingerprint density at radius 2 is 2.15 bits per heavy atom. The van der Waals surface area contributed by atoms with E-state index < -0.39 is 5.91 Å². The predicted molar refractivity (Wildman–Crippen MR) is 72.4 cm³/mol. The second kappa shape index (κ2) is 6.38. The fraction of sp³-hybridized carbons (Fsp3) is 0.429. The van der Waals surface area contributed by atoms with E-state index in [4.69, 9.17) is 15.2 Å². The van der Waals surface area contributed by atoms with Crippen LogP contribution in [0.5, 0.6) is 5.75 Å². The maximum absolute atomic E-state index is 12.4. The van der Waals surface area contributed by atoms with Gasteiger partial charge in [0.1, 0.15) is 12.4 Å². The first-order valence-corrected chi connectivity index (χ1v) is 6.44. The number of rotatable bonds is 5. The lowest BCUT2D eigenvalue weighted by Gasteiger charge is -2.18. The molecular weight excluding hydrogens is 260 g/mol. The molecule has 108 valence electrons. The van der Waals surface area contributed by atoms with Crippen molar-refractivity contribution in [3.05, 3.63) is 29.8 Å². The van der Waals surface area contributed by atoms with Crippen LogP contribution in [0, 0.1) is 0 Å². The van der Waals surface area contributed by atoms with Gasteiger partial charge in [0.2, 0.25) is 5.91 Å². The molecule has 2 amide bonds. The highest BCUT2D eigenvalue weighted by Gasteiger charge is 2.29. The Labute approximate surface area is 117 Å². The number of hydrogen-bond acceptors (Lipinski definition) is 4. The molecule has 20 heavy (non-hydrogen) atoms. The van der Waals surface area contributed by atoms with Gasteiger partial charge in [0, 0.05) is 13.1 Å². The van der Waals surface area contributed by atoms with Crippen molar-refractivity contribution in [1.82, 2.24) is 4.90 Å². The van der Waals surface area contributed by atoms with Crippen molar-refractivity contribution >= 4 is 11.8 Å². The van der Waals surface area contributed by atoms with E-state index in [0.717, 1.165) is 0 Å². The Balaban J connectivity index is 1.99. The topological polar surface area (TPSA) is 81.9 Å². The number of carbonyl (C=O) groups excluding carboxylic acids is 2. The normalized spacial score (nSPS) is 18.1. The zero-order valence-corrected chi connectivity index (χ0v) is 11.4. The molecule has 0 aliphatic carbocycles. The maximum atomic E-state index is 12.4. The second-order valence-electron chi connectivity index (χ2n) is 4.64. The number of nitrogens with two attached hydrogens (primary N) is 1. The average molecular weight is 278 g/mol. The molecule has 2 N–H and O–H groups in total. The quantitative estimate of drug-likeness (QED) is 0.846. The van der Waals surface area contributed by atoms with Gasteiger partial charge in [0.25, 0.3) is 5.91 Å². The molecule has 0 aromatic heterocycles. The molecule has 0 saturated carbocycles. The Bertz CT molecular complexity index is 504. The second-order valence-corrected chi connectivity index (χ2v) is 4.64. The number of ether oxygens (including phenoxy) is 2. The van der Waals surface area contributed by atoms with Gasteiger partial charge in [0.15, 0.2) is 0 Å². The van der Waals surface area contributed by atoms with Gasteiger partial charge in [-0.05, 0) is 18.6 Å². The molecule has 1 aliphatic rings. The molecule has 1 atom stereocenters. The molecule has 1 aliphatic heterocycles. The first-order chi connectivity index (χ1) is 9.61. The number of hydrogen-bond donors (Lipinski definition) is 1. The van der Waals surface area contributed by atoms with Gasteiger partial charge >= 0.3 is 0 Å².